The summed E-state index contributed by atoms with van der Waals surface area (Å²) in [6.07, 6.45) is -0.350. The zero-order valence-electron chi connectivity index (χ0n) is 19.3. The third-order valence-corrected chi connectivity index (χ3v) is 9.18. The fourth-order valence-electron chi connectivity index (χ4n) is 2.77. The molecule has 14 heteroatoms. The normalized spacial score (nSPS) is 12.2. The summed E-state index contributed by atoms with van der Waals surface area (Å²) in [6.45, 7) is -0.626. The van der Waals surface area contributed by atoms with Crippen molar-refractivity contribution in [2.24, 2.45) is 5.73 Å². The summed E-state index contributed by atoms with van der Waals surface area (Å²) in [5.41, 5.74) is 6.43. The van der Waals surface area contributed by atoms with Gasteiger partial charge in [-0.05, 0) is 0 Å². The minimum absolute atomic E-state index is 0.0926. The molecular formula is C23H25ClN4O7SSe. The predicted octanol–water partition coefficient (Wildman–Crippen LogP) is 0.448. The first kappa shape index (κ1) is 30.1. The fraction of sp³-hybridized carbons (Fsp3) is 0.261. The van der Waals surface area contributed by atoms with E-state index < -0.39 is 42.4 Å². The van der Waals surface area contributed by atoms with Crippen LogP contribution in [0.3, 0.4) is 0 Å². The van der Waals surface area contributed by atoms with E-state index in [0.717, 1.165) is 4.46 Å². The number of benzene rings is 2. The molecule has 0 saturated carbocycles. The van der Waals surface area contributed by atoms with Gasteiger partial charge in [-0.15, -0.1) is 0 Å². The summed E-state index contributed by atoms with van der Waals surface area (Å²) < 4.78 is 0.745. The number of nitrogens with two attached hydrogens (primary N) is 1. The molecule has 0 heterocycles. The first-order valence-electron chi connectivity index (χ1n) is 10.8. The van der Waals surface area contributed by atoms with Gasteiger partial charge in [-0.3, -0.25) is 0 Å². The molecular weight excluding hydrogens is 591 g/mol. The second kappa shape index (κ2) is 15.2. The molecule has 0 fully saturated rings. The van der Waals surface area contributed by atoms with Gasteiger partial charge in [0.25, 0.3) is 0 Å². The van der Waals surface area contributed by atoms with Gasteiger partial charge < -0.3 is 0 Å². The second-order valence-corrected chi connectivity index (χ2v) is 12.2. The number of nitrogens with one attached hydrogen (secondary N) is 3. The van der Waals surface area contributed by atoms with Crippen molar-refractivity contribution >= 4 is 75.4 Å². The molecule has 0 aromatic heterocycles. The number of carboxylic acid groups (broad SMARTS) is 2. The summed E-state index contributed by atoms with van der Waals surface area (Å²) in [4.78, 5) is 59.2. The van der Waals surface area contributed by atoms with Crippen molar-refractivity contribution in [3.63, 3.8) is 0 Å². The first-order chi connectivity index (χ1) is 17.6. The zero-order valence-corrected chi connectivity index (χ0v) is 22.6. The number of aliphatic carboxylic acids is 2. The number of rotatable bonds is 14. The summed E-state index contributed by atoms with van der Waals surface area (Å²) >= 11 is 5.53. The van der Waals surface area contributed by atoms with Crippen LogP contribution in [-0.2, 0) is 19.2 Å². The second-order valence-electron chi connectivity index (χ2n) is 7.54. The molecule has 2 aromatic carbocycles. The van der Waals surface area contributed by atoms with Crippen molar-refractivity contribution in [1.82, 2.24) is 10.6 Å². The van der Waals surface area contributed by atoms with Crippen LogP contribution in [0, 0.1) is 0 Å². The predicted molar refractivity (Wildman–Crippen MR) is 141 cm³/mol. The van der Waals surface area contributed by atoms with Gasteiger partial charge in [0, 0.05) is 0 Å². The monoisotopic (exact) mass is 616 g/mol. The minimum atomic E-state index is -1.25. The molecule has 2 aromatic rings. The summed E-state index contributed by atoms with van der Waals surface area (Å²) in [6, 6.07) is 11.3. The molecule has 0 aliphatic carbocycles. The number of halogens is 1. The van der Waals surface area contributed by atoms with Gasteiger partial charge in [0.2, 0.25) is 0 Å². The summed E-state index contributed by atoms with van der Waals surface area (Å²) in [5.74, 6) is -4.02. The fourth-order valence-corrected chi connectivity index (χ4v) is 7.11. The van der Waals surface area contributed by atoms with Crippen molar-refractivity contribution in [2.45, 2.75) is 24.9 Å². The molecule has 2 unspecified atom stereocenters. The Morgan fingerprint density at radius 1 is 1.03 bits per heavy atom. The molecule has 0 saturated heterocycles. The number of carbonyl (C=O) groups excluding carboxylic acids is 3. The quantitative estimate of drug-likeness (QED) is 0.164. The Kier molecular flexibility index (Phi) is 12.4. The molecule has 0 aliphatic rings. The van der Waals surface area contributed by atoms with Gasteiger partial charge in [0.05, 0.1) is 0 Å². The van der Waals surface area contributed by atoms with Crippen LogP contribution in [0.4, 0.5) is 5.69 Å². The van der Waals surface area contributed by atoms with Gasteiger partial charge in [-0.1, -0.05) is 0 Å². The van der Waals surface area contributed by atoms with Crippen molar-refractivity contribution in [3.05, 3.63) is 59.1 Å². The number of carboxylic acids is 2. The maximum atomic E-state index is 12.8. The van der Waals surface area contributed by atoms with E-state index in [1.165, 1.54) is 10.2 Å². The molecule has 37 heavy (non-hydrogen) atoms. The molecule has 0 aliphatic heterocycles. The molecule has 2 rings (SSSR count). The maximum absolute atomic E-state index is 12.8. The molecule has 11 nitrogen and oxygen atoms in total. The van der Waals surface area contributed by atoms with Gasteiger partial charge in [-0.2, -0.15) is 0 Å². The Labute approximate surface area is 227 Å². The molecule has 198 valence electrons. The van der Waals surface area contributed by atoms with Gasteiger partial charge in [-0.25, -0.2) is 0 Å². The SMILES string of the molecule is NC(CCC(=O)NC(CS[Se]c1ccccc1C(=O)Nc1ccc(Cl)cc1)C(=O)NCC(=O)O)C(=O)O. The Bertz CT molecular complexity index is 1140. The van der Waals surface area contributed by atoms with E-state index in [0.29, 0.717) is 16.3 Å². The Hall–Kier alpha value is -3.09. The van der Waals surface area contributed by atoms with Gasteiger partial charge in [0.15, 0.2) is 0 Å². The van der Waals surface area contributed by atoms with E-state index in [2.05, 4.69) is 16.0 Å². The van der Waals surface area contributed by atoms with Crippen molar-refractivity contribution in [1.29, 1.82) is 0 Å². The van der Waals surface area contributed by atoms with Crippen molar-refractivity contribution in [2.75, 3.05) is 17.6 Å². The Morgan fingerprint density at radius 2 is 1.70 bits per heavy atom. The molecule has 3 amide bonds. The van der Waals surface area contributed by atoms with Crippen LogP contribution in [0.15, 0.2) is 48.5 Å². The molecule has 0 radical (unpaired) electrons. The van der Waals surface area contributed by atoms with E-state index in [1.807, 2.05) is 0 Å². The summed E-state index contributed by atoms with van der Waals surface area (Å²) in [5, 5.41) is 25.8. The molecule has 0 bridgehead atoms. The number of carbonyl (C=O) groups is 5. The van der Waals surface area contributed by atoms with Crippen LogP contribution < -0.4 is 26.1 Å². The first-order valence-corrected chi connectivity index (χ1v) is 15.0. The van der Waals surface area contributed by atoms with E-state index in [1.54, 1.807) is 48.5 Å². The number of hydrogen-bond acceptors (Lipinski definition) is 7. The zero-order chi connectivity index (χ0) is 27.4. The molecule has 0 spiro atoms. The Balaban J connectivity index is 2.02. The van der Waals surface area contributed by atoms with Crippen LogP contribution in [0.5, 0.6) is 0 Å². The van der Waals surface area contributed by atoms with E-state index >= 15 is 0 Å². The molecule has 7 N–H and O–H groups in total. The number of hydrogen-bond donors (Lipinski definition) is 6. The average Bonchev–Trinajstić information content (AvgIpc) is 2.86. The topological polar surface area (TPSA) is 188 Å². The van der Waals surface area contributed by atoms with Crippen molar-refractivity contribution in [3.8, 4) is 0 Å². The van der Waals surface area contributed by atoms with Crippen LogP contribution in [0.1, 0.15) is 23.2 Å². The van der Waals surface area contributed by atoms with Crippen LogP contribution >= 0.6 is 21.8 Å². The average molecular weight is 616 g/mol. The van der Waals surface area contributed by atoms with Crippen molar-refractivity contribution < 1.29 is 34.2 Å². The van der Waals surface area contributed by atoms with E-state index in [9.17, 15) is 24.0 Å². The molecule has 2 atom stereocenters. The summed E-state index contributed by atoms with van der Waals surface area (Å²) in [7, 11) is 1.31. The number of amides is 3. The third-order valence-electron chi connectivity index (χ3n) is 4.68. The van der Waals surface area contributed by atoms with Gasteiger partial charge in [0.1, 0.15) is 0 Å². The Morgan fingerprint density at radius 3 is 2.35 bits per heavy atom. The standard InChI is InChI=1S/C23H25ClN4O7SSe/c24-13-5-7-14(8-6-13)27-21(32)15-3-1-2-4-18(15)37-36-12-17(22(33)26-11-20(30)31)28-19(29)10-9-16(25)23(34)35/h1-8,16-17H,9-12,25H2,(H,26,33)(H,27,32)(H,28,29)(H,30,31)(H,34,35). The van der Waals surface area contributed by atoms with E-state index in [4.69, 9.17) is 27.5 Å². The third kappa shape index (κ3) is 10.8. The number of anilines is 1. The van der Waals surface area contributed by atoms with Crippen LogP contribution in [0.2, 0.25) is 5.02 Å². The van der Waals surface area contributed by atoms with Crippen LogP contribution in [0.25, 0.3) is 0 Å². The van der Waals surface area contributed by atoms with Gasteiger partial charge >= 0.3 is 228 Å². The van der Waals surface area contributed by atoms with Crippen LogP contribution in [-0.4, -0.2) is 78.1 Å². The van der Waals surface area contributed by atoms with E-state index in [-0.39, 0.29) is 38.3 Å².